The first-order valence-corrected chi connectivity index (χ1v) is 20.9. The molecule has 0 aliphatic carbocycles. The second-order valence-corrected chi connectivity index (χ2v) is 15.9. The Labute approximate surface area is 298 Å². The Hall–Kier alpha value is -2.28. The molecular formula is C42H69N5O2. The van der Waals surface area contributed by atoms with Crippen molar-refractivity contribution in [3.05, 3.63) is 17.6 Å². The number of anilines is 1. The fourth-order valence-electron chi connectivity index (χ4n) is 8.31. The van der Waals surface area contributed by atoms with Crippen LogP contribution in [0.25, 0.3) is 22.2 Å². The van der Waals surface area contributed by atoms with E-state index in [0.717, 1.165) is 59.9 Å². The molecule has 0 amide bonds. The summed E-state index contributed by atoms with van der Waals surface area (Å²) >= 11 is 0. The van der Waals surface area contributed by atoms with Crippen LogP contribution in [-0.2, 0) is 4.74 Å². The van der Waals surface area contributed by atoms with E-state index in [1.807, 2.05) is 6.92 Å². The molecule has 0 atom stereocenters. The maximum Gasteiger partial charge on any atom is 0.249 e. The summed E-state index contributed by atoms with van der Waals surface area (Å²) in [4.78, 5) is 12.1. The van der Waals surface area contributed by atoms with Crippen molar-refractivity contribution in [3.63, 3.8) is 0 Å². The lowest BCUT2D eigenvalue weighted by atomic mass is 9.80. The van der Waals surface area contributed by atoms with Gasteiger partial charge in [0.25, 0.3) is 0 Å². The number of nitrogens with zero attached hydrogens (tertiary/aromatic N) is 5. The van der Waals surface area contributed by atoms with Crippen molar-refractivity contribution >= 4 is 28.0 Å². The van der Waals surface area contributed by atoms with Crippen LogP contribution in [0.5, 0.6) is 0 Å². The van der Waals surface area contributed by atoms with E-state index in [4.69, 9.17) is 19.1 Å². The van der Waals surface area contributed by atoms with Gasteiger partial charge in [0.05, 0.1) is 24.3 Å². The second-order valence-electron chi connectivity index (χ2n) is 15.9. The zero-order valence-electron chi connectivity index (χ0n) is 31.6. The highest BCUT2D eigenvalue weighted by Gasteiger charge is 2.40. The summed E-state index contributed by atoms with van der Waals surface area (Å²) in [6, 6.07) is 0. The van der Waals surface area contributed by atoms with Crippen LogP contribution in [0.1, 0.15) is 185 Å². The molecule has 5 rings (SSSR count). The summed E-state index contributed by atoms with van der Waals surface area (Å²) in [5.74, 6) is 0.910. The molecule has 3 aromatic heterocycles. The van der Waals surface area contributed by atoms with Crippen molar-refractivity contribution in [2.75, 3.05) is 31.2 Å². The van der Waals surface area contributed by atoms with E-state index in [-0.39, 0.29) is 5.41 Å². The number of aromatic nitrogens is 4. The quantitative estimate of drug-likeness (QED) is 0.254. The summed E-state index contributed by atoms with van der Waals surface area (Å²) < 4.78 is 12.3. The number of rotatable bonds is 1. The molecule has 5 heterocycles. The molecule has 1 spiro atoms. The number of ether oxygens (including phenoxy) is 1. The predicted octanol–water partition coefficient (Wildman–Crippen LogP) is 12.2. The summed E-state index contributed by atoms with van der Waals surface area (Å²) in [7, 11) is 0. The van der Waals surface area contributed by atoms with Gasteiger partial charge in [-0.25, -0.2) is 9.97 Å². The van der Waals surface area contributed by atoms with Gasteiger partial charge in [0.15, 0.2) is 11.4 Å². The van der Waals surface area contributed by atoms with Crippen molar-refractivity contribution < 1.29 is 9.15 Å². The molecule has 2 fully saturated rings. The first-order valence-electron chi connectivity index (χ1n) is 20.9. The lowest BCUT2D eigenvalue weighted by molar-refractivity contribution is -0.113. The molecule has 7 heteroatoms. The molecule has 0 bridgehead atoms. The zero-order valence-corrected chi connectivity index (χ0v) is 31.6. The highest BCUT2D eigenvalue weighted by Crippen LogP contribution is 2.39. The van der Waals surface area contributed by atoms with E-state index in [1.165, 1.54) is 173 Å². The molecule has 49 heavy (non-hydrogen) atoms. The Morgan fingerprint density at radius 3 is 1.51 bits per heavy atom. The molecular weight excluding hydrogens is 606 g/mol. The minimum Gasteiger partial charge on any atom is -0.431 e. The maximum absolute atomic E-state index is 6.39. The minimum absolute atomic E-state index is 0.190. The van der Waals surface area contributed by atoms with E-state index in [1.54, 1.807) is 6.33 Å². The lowest BCUT2D eigenvalue weighted by Gasteiger charge is -2.45. The average Bonchev–Trinajstić information content (AvgIpc) is 3.48. The van der Waals surface area contributed by atoms with Gasteiger partial charge in [-0.3, -0.25) is 0 Å². The van der Waals surface area contributed by atoms with Crippen molar-refractivity contribution in [2.45, 2.75) is 187 Å². The van der Waals surface area contributed by atoms with Gasteiger partial charge in [0.2, 0.25) is 5.71 Å². The van der Waals surface area contributed by atoms with Gasteiger partial charge in [-0.1, -0.05) is 161 Å². The summed E-state index contributed by atoms with van der Waals surface area (Å²) in [5, 5.41) is 9.70. The monoisotopic (exact) mass is 676 g/mol. The number of aryl methyl sites for hydroxylation is 2. The molecule has 2 aliphatic rings. The van der Waals surface area contributed by atoms with Gasteiger partial charge in [-0.05, 0) is 32.3 Å². The highest BCUT2D eigenvalue weighted by molar-refractivity contribution is 6.06. The molecule has 7 nitrogen and oxygen atoms in total. The molecule has 0 aromatic carbocycles. The maximum atomic E-state index is 6.39. The molecule has 0 radical (unpaired) electrons. The average molecular weight is 676 g/mol. The van der Waals surface area contributed by atoms with E-state index >= 15 is 0 Å². The van der Waals surface area contributed by atoms with E-state index in [0.29, 0.717) is 5.71 Å². The number of furan rings is 1. The Morgan fingerprint density at radius 1 is 0.571 bits per heavy atom. The van der Waals surface area contributed by atoms with Gasteiger partial charge in [0.1, 0.15) is 11.8 Å². The van der Waals surface area contributed by atoms with Crippen LogP contribution in [0.2, 0.25) is 0 Å². The van der Waals surface area contributed by atoms with Crippen molar-refractivity contribution in [2.24, 2.45) is 5.41 Å². The third-order valence-electron chi connectivity index (χ3n) is 11.7. The van der Waals surface area contributed by atoms with E-state index in [2.05, 4.69) is 22.0 Å². The number of hydrogen-bond acceptors (Lipinski definition) is 7. The topological polar surface area (TPSA) is 77.2 Å². The molecule has 0 saturated carbocycles. The van der Waals surface area contributed by atoms with Crippen LogP contribution >= 0.6 is 0 Å². The summed E-state index contributed by atoms with van der Waals surface area (Å²) in [6.07, 6.45) is 39.3. The fraction of sp³-hybridized carbons (Fsp3) is 0.810. The first kappa shape index (κ1) is 38.0. The first-order chi connectivity index (χ1) is 24.2. The van der Waals surface area contributed by atoms with Crippen molar-refractivity contribution in [1.82, 2.24) is 20.2 Å². The van der Waals surface area contributed by atoms with E-state index in [9.17, 15) is 0 Å². The van der Waals surface area contributed by atoms with Crippen LogP contribution in [0.15, 0.2) is 10.7 Å². The van der Waals surface area contributed by atoms with Crippen LogP contribution in [0.3, 0.4) is 0 Å². The Kier molecular flexibility index (Phi) is 16.4. The highest BCUT2D eigenvalue weighted by atomic mass is 16.5. The SMILES string of the molecule is Cc1nnc2oc3c(N4CCCCCCCCCCCCCCCCCCCCCCCCCCCCC5(COC5)C4)ncnc3c2c1C. The largest absolute Gasteiger partial charge is 0.431 e. The van der Waals surface area contributed by atoms with Gasteiger partial charge < -0.3 is 14.1 Å². The molecule has 2 saturated heterocycles. The molecule has 274 valence electrons. The van der Waals surface area contributed by atoms with Crippen molar-refractivity contribution in [1.29, 1.82) is 0 Å². The summed E-state index contributed by atoms with van der Waals surface area (Å²) in [6.45, 7) is 7.73. The van der Waals surface area contributed by atoms with Crippen molar-refractivity contribution in [3.8, 4) is 0 Å². The van der Waals surface area contributed by atoms with E-state index < -0.39 is 0 Å². The molecule has 3 aromatic rings. The van der Waals surface area contributed by atoms with Gasteiger partial charge in [-0.15, -0.1) is 5.10 Å². The Balaban J connectivity index is 1.19. The lowest BCUT2D eigenvalue weighted by Crippen LogP contribution is -2.51. The molecule has 2 aliphatic heterocycles. The predicted molar refractivity (Wildman–Crippen MR) is 204 cm³/mol. The normalized spacial score (nSPS) is 22.0. The number of fused-ring (bicyclic) bond motifs is 3. The second kappa shape index (κ2) is 21.2. The third-order valence-corrected chi connectivity index (χ3v) is 11.7. The minimum atomic E-state index is 0.190. The third kappa shape index (κ3) is 11.9. The molecule has 0 unspecified atom stereocenters. The van der Waals surface area contributed by atoms with Gasteiger partial charge in [-0.2, -0.15) is 5.10 Å². The molecule has 0 N–H and O–H groups in total. The zero-order chi connectivity index (χ0) is 34.0. The number of hydrogen-bond donors (Lipinski definition) is 0. The fourth-order valence-corrected chi connectivity index (χ4v) is 8.31. The summed E-state index contributed by atoms with van der Waals surface area (Å²) in [5.41, 5.74) is 4.36. The Bertz CT molecular complexity index is 1350. The van der Waals surface area contributed by atoms with Crippen LogP contribution in [-0.4, -0.2) is 46.5 Å². The van der Waals surface area contributed by atoms with Crippen LogP contribution in [0.4, 0.5) is 5.82 Å². The Morgan fingerprint density at radius 2 is 1.04 bits per heavy atom. The van der Waals surface area contributed by atoms with Gasteiger partial charge >= 0.3 is 0 Å². The van der Waals surface area contributed by atoms with Crippen LogP contribution < -0.4 is 4.90 Å². The standard InChI is InChI=1S/C42H69N5O2/c1-35-36(2)45-46-41-37(35)38-39(49-41)40(44-34-43-38)47-30-28-26-24-22-20-18-16-14-12-10-8-6-4-3-5-7-9-11-13-15-17-19-21-23-25-27-29-42(31-47)32-48-33-42/h34H,3-33H2,1-2H3. The smallest absolute Gasteiger partial charge is 0.249 e. The van der Waals surface area contributed by atoms with Crippen LogP contribution in [0, 0.1) is 19.3 Å². The van der Waals surface area contributed by atoms with Gasteiger partial charge in [0, 0.05) is 18.5 Å².